The molecular weight excluding hydrogens is 387 g/mol. The topological polar surface area (TPSA) is 67.5 Å². The number of hydrogen-bond donors (Lipinski definition) is 0. The first kappa shape index (κ1) is 19.6. The number of aromatic nitrogens is 3. The van der Waals surface area contributed by atoms with E-state index < -0.39 is 11.7 Å². The number of alkyl halides is 3. The number of piperazine rings is 1. The third-order valence-electron chi connectivity index (χ3n) is 4.90. The Bertz CT molecular complexity index is 983. The van der Waals surface area contributed by atoms with E-state index >= 15 is 0 Å². The molecule has 10 heteroatoms. The molecule has 0 bridgehead atoms. The van der Waals surface area contributed by atoms with E-state index in [1.54, 1.807) is 13.3 Å². The standard InChI is InChI=1S/C19H20F3N5O2/c1-28-12-17-24-18(29-25-17)11-26-6-8-27(9-7-26)16-4-5-23-15-10-13(19(20,21)22)2-3-14(15)16/h2-5,10H,6-9,11-12H2,1H3. The minimum atomic E-state index is -4.38. The number of benzene rings is 1. The van der Waals surface area contributed by atoms with E-state index in [0.717, 1.165) is 49.4 Å². The van der Waals surface area contributed by atoms with Gasteiger partial charge in [0, 0.05) is 50.6 Å². The van der Waals surface area contributed by atoms with E-state index in [2.05, 4.69) is 24.9 Å². The predicted octanol–water partition coefficient (Wildman–Crippen LogP) is 3.11. The van der Waals surface area contributed by atoms with Crippen LogP contribution in [-0.2, 0) is 24.1 Å². The quantitative estimate of drug-likeness (QED) is 0.644. The molecule has 29 heavy (non-hydrogen) atoms. The Morgan fingerprint density at radius 3 is 2.66 bits per heavy atom. The summed E-state index contributed by atoms with van der Waals surface area (Å²) in [6.07, 6.45) is -2.82. The van der Waals surface area contributed by atoms with Crippen molar-refractivity contribution in [3.8, 4) is 0 Å². The maximum Gasteiger partial charge on any atom is 0.416 e. The number of hydrogen-bond acceptors (Lipinski definition) is 7. The third kappa shape index (κ3) is 4.33. The van der Waals surface area contributed by atoms with E-state index in [1.165, 1.54) is 6.07 Å². The number of nitrogens with zero attached hydrogens (tertiary/aromatic N) is 5. The first-order chi connectivity index (χ1) is 13.9. The zero-order chi connectivity index (χ0) is 20.4. The fourth-order valence-corrected chi connectivity index (χ4v) is 3.47. The number of anilines is 1. The van der Waals surface area contributed by atoms with Gasteiger partial charge >= 0.3 is 6.18 Å². The van der Waals surface area contributed by atoms with Gasteiger partial charge in [0.15, 0.2) is 5.82 Å². The van der Waals surface area contributed by atoms with Gasteiger partial charge in [-0.3, -0.25) is 9.88 Å². The van der Waals surface area contributed by atoms with Crippen molar-refractivity contribution >= 4 is 16.6 Å². The highest BCUT2D eigenvalue weighted by atomic mass is 19.4. The third-order valence-corrected chi connectivity index (χ3v) is 4.90. The van der Waals surface area contributed by atoms with Crippen LogP contribution in [-0.4, -0.2) is 53.3 Å². The summed E-state index contributed by atoms with van der Waals surface area (Å²) in [6.45, 7) is 3.87. The summed E-state index contributed by atoms with van der Waals surface area (Å²) in [5, 5.41) is 4.57. The number of ether oxygens (including phenoxy) is 1. The van der Waals surface area contributed by atoms with Crippen molar-refractivity contribution in [1.29, 1.82) is 0 Å². The molecule has 154 valence electrons. The molecule has 2 aromatic heterocycles. The summed E-state index contributed by atoms with van der Waals surface area (Å²) in [5.74, 6) is 1.06. The van der Waals surface area contributed by atoms with Gasteiger partial charge in [0.05, 0.1) is 17.6 Å². The summed E-state index contributed by atoms with van der Waals surface area (Å²) in [6, 6.07) is 5.56. The smallest absolute Gasteiger partial charge is 0.377 e. The SMILES string of the molecule is COCc1noc(CN2CCN(c3ccnc4cc(C(F)(F)F)ccc34)CC2)n1. The van der Waals surface area contributed by atoms with Gasteiger partial charge in [-0.15, -0.1) is 0 Å². The zero-order valence-corrected chi connectivity index (χ0v) is 15.8. The lowest BCUT2D eigenvalue weighted by molar-refractivity contribution is -0.137. The Morgan fingerprint density at radius 1 is 1.14 bits per heavy atom. The van der Waals surface area contributed by atoms with Gasteiger partial charge in [-0.2, -0.15) is 18.2 Å². The molecule has 0 unspecified atom stereocenters. The summed E-state index contributed by atoms with van der Waals surface area (Å²) in [5.41, 5.74) is 0.548. The van der Waals surface area contributed by atoms with Crippen molar-refractivity contribution in [3.05, 3.63) is 47.7 Å². The first-order valence-electron chi connectivity index (χ1n) is 9.18. The van der Waals surface area contributed by atoms with Crippen LogP contribution in [0.4, 0.5) is 18.9 Å². The van der Waals surface area contributed by atoms with Gasteiger partial charge in [-0.25, -0.2) is 0 Å². The Hall–Kier alpha value is -2.72. The Morgan fingerprint density at radius 2 is 1.93 bits per heavy atom. The summed E-state index contributed by atoms with van der Waals surface area (Å²) < 4.78 is 49.1. The molecule has 1 saturated heterocycles. The van der Waals surface area contributed by atoms with E-state index in [0.29, 0.717) is 30.4 Å². The summed E-state index contributed by atoms with van der Waals surface area (Å²) >= 11 is 0. The average molecular weight is 407 g/mol. The molecule has 1 aromatic carbocycles. The van der Waals surface area contributed by atoms with Crippen molar-refractivity contribution in [2.75, 3.05) is 38.2 Å². The Labute approximate surface area is 165 Å². The molecule has 0 radical (unpaired) electrons. The van der Waals surface area contributed by atoms with Crippen LogP contribution >= 0.6 is 0 Å². The second-order valence-corrected chi connectivity index (χ2v) is 6.86. The lowest BCUT2D eigenvalue weighted by Gasteiger charge is -2.35. The van der Waals surface area contributed by atoms with Crippen LogP contribution in [0.25, 0.3) is 10.9 Å². The van der Waals surface area contributed by atoms with Gasteiger partial charge in [-0.05, 0) is 18.2 Å². The molecule has 4 rings (SSSR count). The van der Waals surface area contributed by atoms with Crippen LogP contribution < -0.4 is 4.90 Å². The number of pyridine rings is 1. The lowest BCUT2D eigenvalue weighted by atomic mass is 10.1. The normalized spacial score (nSPS) is 15.9. The molecule has 3 aromatic rings. The molecule has 1 aliphatic heterocycles. The van der Waals surface area contributed by atoms with E-state index in [-0.39, 0.29) is 0 Å². The summed E-state index contributed by atoms with van der Waals surface area (Å²) in [7, 11) is 1.57. The van der Waals surface area contributed by atoms with Crippen LogP contribution in [0, 0.1) is 0 Å². The molecule has 3 heterocycles. The maximum atomic E-state index is 13.0. The second kappa shape index (κ2) is 7.96. The molecule has 0 atom stereocenters. The van der Waals surface area contributed by atoms with Crippen LogP contribution in [0.15, 0.2) is 35.0 Å². The largest absolute Gasteiger partial charge is 0.416 e. The fraction of sp³-hybridized carbons (Fsp3) is 0.421. The van der Waals surface area contributed by atoms with Gasteiger partial charge < -0.3 is 14.2 Å². The van der Waals surface area contributed by atoms with Crippen LogP contribution in [0.5, 0.6) is 0 Å². The van der Waals surface area contributed by atoms with Crippen molar-refractivity contribution in [3.63, 3.8) is 0 Å². The van der Waals surface area contributed by atoms with Gasteiger partial charge in [0.1, 0.15) is 6.61 Å². The van der Waals surface area contributed by atoms with Gasteiger partial charge in [0.2, 0.25) is 5.89 Å². The number of fused-ring (bicyclic) bond motifs is 1. The predicted molar refractivity (Wildman–Crippen MR) is 99.2 cm³/mol. The first-order valence-corrected chi connectivity index (χ1v) is 9.18. The van der Waals surface area contributed by atoms with Crippen molar-refractivity contribution in [2.45, 2.75) is 19.3 Å². The van der Waals surface area contributed by atoms with Crippen LogP contribution in [0.2, 0.25) is 0 Å². The van der Waals surface area contributed by atoms with E-state index in [4.69, 9.17) is 9.26 Å². The van der Waals surface area contributed by atoms with Crippen molar-refractivity contribution in [1.82, 2.24) is 20.0 Å². The van der Waals surface area contributed by atoms with Gasteiger partial charge in [-0.1, -0.05) is 11.2 Å². The zero-order valence-electron chi connectivity index (χ0n) is 15.8. The van der Waals surface area contributed by atoms with Crippen LogP contribution in [0.1, 0.15) is 17.3 Å². The van der Waals surface area contributed by atoms with E-state index in [9.17, 15) is 13.2 Å². The number of rotatable bonds is 5. The monoisotopic (exact) mass is 407 g/mol. The number of halogens is 3. The van der Waals surface area contributed by atoms with Crippen molar-refractivity contribution < 1.29 is 22.4 Å². The molecule has 0 spiro atoms. The molecule has 0 saturated carbocycles. The second-order valence-electron chi connectivity index (χ2n) is 6.86. The molecule has 7 nitrogen and oxygen atoms in total. The lowest BCUT2D eigenvalue weighted by Crippen LogP contribution is -2.46. The van der Waals surface area contributed by atoms with E-state index in [1.807, 2.05) is 6.07 Å². The highest BCUT2D eigenvalue weighted by Gasteiger charge is 2.31. The average Bonchev–Trinajstić information content (AvgIpc) is 3.14. The molecule has 0 amide bonds. The molecule has 0 aliphatic carbocycles. The number of methoxy groups -OCH3 is 1. The highest BCUT2D eigenvalue weighted by Crippen LogP contribution is 2.33. The molecule has 1 aliphatic rings. The molecule has 0 N–H and O–H groups in total. The van der Waals surface area contributed by atoms with Gasteiger partial charge in [0.25, 0.3) is 0 Å². The maximum absolute atomic E-state index is 13.0. The highest BCUT2D eigenvalue weighted by molar-refractivity contribution is 5.92. The Balaban J connectivity index is 1.44. The van der Waals surface area contributed by atoms with Crippen molar-refractivity contribution in [2.24, 2.45) is 0 Å². The minimum Gasteiger partial charge on any atom is -0.377 e. The van der Waals surface area contributed by atoms with Crippen LogP contribution in [0.3, 0.4) is 0 Å². The summed E-state index contributed by atoms with van der Waals surface area (Å²) in [4.78, 5) is 12.8. The molecule has 1 fully saturated rings. The Kier molecular flexibility index (Phi) is 5.37. The minimum absolute atomic E-state index is 0.308. The molecular formula is C19H20F3N5O2. The fourth-order valence-electron chi connectivity index (χ4n) is 3.47.